The normalized spacial score (nSPS) is 15.1. The molecule has 0 unspecified atom stereocenters. The fourth-order valence-electron chi connectivity index (χ4n) is 1.71. The molecule has 0 radical (unpaired) electrons. The lowest BCUT2D eigenvalue weighted by Gasteiger charge is -2.10. The summed E-state index contributed by atoms with van der Waals surface area (Å²) in [4.78, 5) is 4.20. The highest BCUT2D eigenvalue weighted by molar-refractivity contribution is 14.0. The highest BCUT2D eigenvalue weighted by atomic mass is 127. The Morgan fingerprint density at radius 3 is 2.83 bits per heavy atom. The van der Waals surface area contributed by atoms with E-state index in [0.717, 1.165) is 31.4 Å². The molecule has 102 valence electrons. The van der Waals surface area contributed by atoms with Gasteiger partial charge < -0.3 is 10.6 Å². The van der Waals surface area contributed by atoms with Gasteiger partial charge in [0.05, 0.1) is 6.20 Å². The maximum atomic E-state index is 4.20. The predicted molar refractivity (Wildman–Crippen MR) is 84.4 cm³/mol. The van der Waals surface area contributed by atoms with Crippen LogP contribution in [0.15, 0.2) is 17.4 Å². The topological polar surface area (TPSA) is 54.2 Å². The van der Waals surface area contributed by atoms with Crippen LogP contribution in [-0.4, -0.2) is 35.9 Å². The van der Waals surface area contributed by atoms with Crippen LogP contribution in [0.4, 0.5) is 0 Å². The molecule has 2 rings (SSSR count). The van der Waals surface area contributed by atoms with Crippen LogP contribution in [0.25, 0.3) is 0 Å². The maximum Gasteiger partial charge on any atom is 0.190 e. The van der Waals surface area contributed by atoms with E-state index in [0.29, 0.717) is 0 Å². The Morgan fingerprint density at radius 1 is 1.50 bits per heavy atom. The Bertz CT molecular complexity index is 384. The fraction of sp³-hybridized carbons (Fsp3) is 0.667. The zero-order valence-corrected chi connectivity index (χ0v) is 13.3. The van der Waals surface area contributed by atoms with E-state index < -0.39 is 0 Å². The third kappa shape index (κ3) is 5.24. The van der Waals surface area contributed by atoms with Crippen molar-refractivity contribution in [3.8, 4) is 0 Å². The number of nitrogens with zero attached hydrogens (tertiary/aromatic N) is 3. The molecule has 0 atom stereocenters. The van der Waals surface area contributed by atoms with Crippen LogP contribution < -0.4 is 10.6 Å². The first-order chi connectivity index (χ1) is 8.28. The molecule has 1 aromatic rings. The van der Waals surface area contributed by atoms with Gasteiger partial charge in [-0.15, -0.1) is 24.0 Å². The molecule has 1 saturated carbocycles. The van der Waals surface area contributed by atoms with Crippen LogP contribution in [0.3, 0.4) is 0 Å². The molecule has 18 heavy (non-hydrogen) atoms. The quantitative estimate of drug-likeness (QED) is 0.469. The van der Waals surface area contributed by atoms with Gasteiger partial charge in [-0.3, -0.25) is 9.67 Å². The second-order valence-corrected chi connectivity index (χ2v) is 4.60. The molecule has 6 heteroatoms. The van der Waals surface area contributed by atoms with Crippen molar-refractivity contribution in [3.05, 3.63) is 18.0 Å². The molecular weight excluding hydrogens is 341 g/mol. The van der Waals surface area contributed by atoms with E-state index in [1.807, 2.05) is 31.2 Å². The number of aliphatic imine (C=N–C) groups is 1. The van der Waals surface area contributed by atoms with Gasteiger partial charge in [-0.2, -0.15) is 5.10 Å². The summed E-state index contributed by atoms with van der Waals surface area (Å²) in [5.74, 6) is 1.77. The number of nitrogens with one attached hydrogen (secondary N) is 2. The Kier molecular flexibility index (Phi) is 6.45. The van der Waals surface area contributed by atoms with Gasteiger partial charge in [0.2, 0.25) is 0 Å². The van der Waals surface area contributed by atoms with E-state index in [9.17, 15) is 0 Å². The summed E-state index contributed by atoms with van der Waals surface area (Å²) < 4.78 is 1.83. The standard InChI is InChI=1S/C12H21N5.HI/c1-13-12(15-7-10-3-4-10)14-6-5-11-8-16-17(2)9-11;/h8-10H,3-7H2,1-2H3,(H2,13,14,15);1H. The smallest absolute Gasteiger partial charge is 0.190 e. The van der Waals surface area contributed by atoms with E-state index >= 15 is 0 Å². The van der Waals surface area contributed by atoms with Crippen LogP contribution in [-0.2, 0) is 13.5 Å². The molecule has 1 aliphatic rings. The molecule has 0 aromatic carbocycles. The maximum absolute atomic E-state index is 4.20. The number of hydrogen-bond donors (Lipinski definition) is 2. The third-order valence-electron chi connectivity index (χ3n) is 2.94. The van der Waals surface area contributed by atoms with Crippen molar-refractivity contribution in [2.24, 2.45) is 18.0 Å². The highest BCUT2D eigenvalue weighted by Gasteiger charge is 2.20. The second-order valence-electron chi connectivity index (χ2n) is 4.60. The number of aromatic nitrogens is 2. The zero-order chi connectivity index (χ0) is 12.1. The van der Waals surface area contributed by atoms with Gasteiger partial charge in [0.15, 0.2) is 5.96 Å². The Morgan fingerprint density at radius 2 is 2.28 bits per heavy atom. The number of guanidine groups is 1. The summed E-state index contributed by atoms with van der Waals surface area (Å²) >= 11 is 0. The van der Waals surface area contributed by atoms with E-state index in [2.05, 4.69) is 20.7 Å². The minimum absolute atomic E-state index is 0. The number of halogens is 1. The van der Waals surface area contributed by atoms with Gasteiger partial charge in [0.25, 0.3) is 0 Å². The van der Waals surface area contributed by atoms with Crippen LogP contribution in [0, 0.1) is 5.92 Å². The minimum Gasteiger partial charge on any atom is -0.356 e. The summed E-state index contributed by atoms with van der Waals surface area (Å²) in [7, 11) is 3.75. The van der Waals surface area contributed by atoms with Crippen molar-refractivity contribution in [2.75, 3.05) is 20.1 Å². The molecule has 0 saturated heterocycles. The molecule has 0 spiro atoms. The molecule has 1 heterocycles. The fourth-order valence-corrected chi connectivity index (χ4v) is 1.71. The number of aryl methyl sites for hydroxylation is 1. The van der Waals surface area contributed by atoms with Gasteiger partial charge in [-0.25, -0.2) is 0 Å². The van der Waals surface area contributed by atoms with Gasteiger partial charge in [0.1, 0.15) is 0 Å². The van der Waals surface area contributed by atoms with E-state index in [4.69, 9.17) is 0 Å². The molecule has 0 amide bonds. The molecule has 1 fully saturated rings. The monoisotopic (exact) mass is 363 g/mol. The van der Waals surface area contributed by atoms with Gasteiger partial charge >= 0.3 is 0 Å². The van der Waals surface area contributed by atoms with Crippen molar-refractivity contribution in [1.29, 1.82) is 0 Å². The highest BCUT2D eigenvalue weighted by Crippen LogP contribution is 2.27. The average Bonchev–Trinajstić information content (AvgIpc) is 3.06. The predicted octanol–water partition coefficient (Wildman–Crippen LogP) is 1.16. The van der Waals surface area contributed by atoms with Crippen molar-refractivity contribution >= 4 is 29.9 Å². The number of rotatable bonds is 5. The molecule has 1 aromatic heterocycles. The van der Waals surface area contributed by atoms with Crippen LogP contribution in [0.5, 0.6) is 0 Å². The third-order valence-corrected chi connectivity index (χ3v) is 2.94. The number of hydrogen-bond acceptors (Lipinski definition) is 2. The van der Waals surface area contributed by atoms with Crippen LogP contribution in [0.2, 0.25) is 0 Å². The van der Waals surface area contributed by atoms with Crippen molar-refractivity contribution in [1.82, 2.24) is 20.4 Å². The zero-order valence-electron chi connectivity index (χ0n) is 11.0. The van der Waals surface area contributed by atoms with E-state index in [1.54, 1.807) is 0 Å². The summed E-state index contributed by atoms with van der Waals surface area (Å²) in [5, 5.41) is 10.8. The molecule has 0 bridgehead atoms. The lowest BCUT2D eigenvalue weighted by atomic mass is 10.2. The minimum atomic E-state index is 0. The second kappa shape index (κ2) is 7.60. The first-order valence-electron chi connectivity index (χ1n) is 6.20. The van der Waals surface area contributed by atoms with Gasteiger partial charge in [-0.05, 0) is 30.7 Å². The summed E-state index contributed by atoms with van der Waals surface area (Å²) in [6.07, 6.45) is 7.64. The first kappa shape index (κ1) is 15.3. The van der Waals surface area contributed by atoms with Crippen molar-refractivity contribution < 1.29 is 0 Å². The van der Waals surface area contributed by atoms with E-state index in [-0.39, 0.29) is 24.0 Å². The lowest BCUT2D eigenvalue weighted by molar-refractivity contribution is 0.734. The molecule has 2 N–H and O–H groups in total. The molecule has 0 aliphatic heterocycles. The molecule has 1 aliphatic carbocycles. The summed E-state index contributed by atoms with van der Waals surface area (Å²) in [5.41, 5.74) is 1.25. The SMILES string of the molecule is CN=C(NCCc1cnn(C)c1)NCC1CC1.I. The van der Waals surface area contributed by atoms with Gasteiger partial charge in [0, 0.05) is 33.4 Å². The largest absolute Gasteiger partial charge is 0.356 e. The lowest BCUT2D eigenvalue weighted by Crippen LogP contribution is -2.39. The average molecular weight is 363 g/mol. The van der Waals surface area contributed by atoms with E-state index in [1.165, 1.54) is 18.4 Å². The molecular formula is C12H22IN5. The van der Waals surface area contributed by atoms with Crippen LogP contribution >= 0.6 is 24.0 Å². The van der Waals surface area contributed by atoms with Crippen molar-refractivity contribution in [3.63, 3.8) is 0 Å². The first-order valence-corrected chi connectivity index (χ1v) is 6.20. The Labute approximate surface area is 125 Å². The van der Waals surface area contributed by atoms with Crippen molar-refractivity contribution in [2.45, 2.75) is 19.3 Å². The summed E-state index contributed by atoms with van der Waals surface area (Å²) in [6.45, 7) is 1.93. The van der Waals surface area contributed by atoms with Crippen LogP contribution in [0.1, 0.15) is 18.4 Å². The summed E-state index contributed by atoms with van der Waals surface area (Å²) in [6, 6.07) is 0. The molecule has 5 nitrogen and oxygen atoms in total. The Hall–Kier alpha value is -0.790. The Balaban J connectivity index is 0.00000162. The van der Waals surface area contributed by atoms with Gasteiger partial charge in [-0.1, -0.05) is 0 Å².